The molecule has 1 aromatic carbocycles. The first-order valence-corrected chi connectivity index (χ1v) is 7.73. The summed E-state index contributed by atoms with van der Waals surface area (Å²) in [7, 11) is 0. The standard InChI is InChI=1S/C15H21Cl2NO/c1-11-4-2-3-5-14(11)18-8-9-19-15-10-12(16)6-7-13(15)17/h6-7,10-11,14,18H,2-5,8-9H2,1H3. The van der Waals surface area contributed by atoms with Crippen LogP contribution in [0, 0.1) is 5.92 Å². The summed E-state index contributed by atoms with van der Waals surface area (Å²) in [6.45, 7) is 3.78. The minimum absolute atomic E-state index is 0.607. The summed E-state index contributed by atoms with van der Waals surface area (Å²) in [4.78, 5) is 0. The molecule has 0 spiro atoms. The topological polar surface area (TPSA) is 21.3 Å². The molecule has 1 aliphatic carbocycles. The number of benzene rings is 1. The molecule has 1 N–H and O–H groups in total. The van der Waals surface area contributed by atoms with Crippen molar-refractivity contribution in [2.24, 2.45) is 5.92 Å². The highest BCUT2D eigenvalue weighted by Crippen LogP contribution is 2.27. The number of rotatable bonds is 5. The van der Waals surface area contributed by atoms with E-state index in [1.54, 1.807) is 18.2 Å². The van der Waals surface area contributed by atoms with Crippen molar-refractivity contribution >= 4 is 23.2 Å². The number of hydrogen-bond donors (Lipinski definition) is 1. The van der Waals surface area contributed by atoms with E-state index in [0.717, 1.165) is 12.5 Å². The lowest BCUT2D eigenvalue weighted by Gasteiger charge is -2.29. The van der Waals surface area contributed by atoms with Crippen LogP contribution in [0.15, 0.2) is 18.2 Å². The molecule has 0 aliphatic heterocycles. The fourth-order valence-corrected chi connectivity index (χ4v) is 2.95. The van der Waals surface area contributed by atoms with Gasteiger partial charge in [-0.05, 0) is 30.9 Å². The second kappa shape index (κ2) is 7.37. The summed E-state index contributed by atoms with van der Waals surface area (Å²) in [5, 5.41) is 4.83. The van der Waals surface area contributed by atoms with Crippen LogP contribution in [-0.4, -0.2) is 19.2 Å². The van der Waals surface area contributed by atoms with Gasteiger partial charge in [0, 0.05) is 23.7 Å². The average molecular weight is 302 g/mol. The van der Waals surface area contributed by atoms with Crippen molar-refractivity contribution in [1.82, 2.24) is 5.32 Å². The first kappa shape index (κ1) is 15.0. The lowest BCUT2D eigenvalue weighted by atomic mass is 9.86. The summed E-state index contributed by atoms with van der Waals surface area (Å²) >= 11 is 12.0. The van der Waals surface area contributed by atoms with Crippen LogP contribution < -0.4 is 10.1 Å². The van der Waals surface area contributed by atoms with Crippen LogP contribution >= 0.6 is 23.2 Å². The molecule has 1 fully saturated rings. The third kappa shape index (κ3) is 4.55. The van der Waals surface area contributed by atoms with Crippen LogP contribution in [-0.2, 0) is 0 Å². The van der Waals surface area contributed by atoms with E-state index in [4.69, 9.17) is 27.9 Å². The molecule has 4 heteroatoms. The smallest absolute Gasteiger partial charge is 0.139 e. The van der Waals surface area contributed by atoms with Crippen LogP contribution in [0.25, 0.3) is 0 Å². The quantitative estimate of drug-likeness (QED) is 0.806. The van der Waals surface area contributed by atoms with Gasteiger partial charge in [0.25, 0.3) is 0 Å². The van der Waals surface area contributed by atoms with E-state index in [9.17, 15) is 0 Å². The molecule has 0 radical (unpaired) electrons. The molecule has 19 heavy (non-hydrogen) atoms. The fourth-order valence-electron chi connectivity index (χ4n) is 2.61. The van der Waals surface area contributed by atoms with E-state index in [2.05, 4.69) is 12.2 Å². The van der Waals surface area contributed by atoms with Gasteiger partial charge in [-0.25, -0.2) is 0 Å². The zero-order chi connectivity index (χ0) is 13.7. The van der Waals surface area contributed by atoms with Gasteiger partial charge < -0.3 is 10.1 Å². The Hall–Kier alpha value is -0.440. The van der Waals surface area contributed by atoms with Crippen molar-refractivity contribution in [3.63, 3.8) is 0 Å². The van der Waals surface area contributed by atoms with Crippen molar-refractivity contribution in [2.45, 2.75) is 38.6 Å². The zero-order valence-corrected chi connectivity index (χ0v) is 12.8. The molecule has 2 atom stereocenters. The van der Waals surface area contributed by atoms with Gasteiger partial charge in [-0.15, -0.1) is 0 Å². The maximum absolute atomic E-state index is 6.04. The average Bonchev–Trinajstić information content (AvgIpc) is 2.40. The van der Waals surface area contributed by atoms with Crippen LogP contribution in [0.2, 0.25) is 10.0 Å². The fraction of sp³-hybridized carbons (Fsp3) is 0.600. The molecule has 0 heterocycles. The zero-order valence-electron chi connectivity index (χ0n) is 11.3. The summed E-state index contributed by atoms with van der Waals surface area (Å²) in [5.41, 5.74) is 0. The van der Waals surface area contributed by atoms with Crippen LogP contribution in [0.1, 0.15) is 32.6 Å². The second-order valence-corrected chi connectivity index (χ2v) is 6.09. The predicted octanol–water partition coefficient (Wildman–Crippen LogP) is 4.54. The Morgan fingerprint density at radius 3 is 2.84 bits per heavy atom. The molecule has 1 aliphatic rings. The van der Waals surface area contributed by atoms with E-state index in [1.165, 1.54) is 25.7 Å². The number of ether oxygens (including phenoxy) is 1. The summed E-state index contributed by atoms with van der Waals surface area (Å²) < 4.78 is 5.67. The molecule has 0 amide bonds. The Balaban J connectivity index is 1.73. The van der Waals surface area contributed by atoms with Crippen LogP contribution in [0.5, 0.6) is 5.75 Å². The highest BCUT2D eigenvalue weighted by Gasteiger charge is 2.20. The van der Waals surface area contributed by atoms with E-state index >= 15 is 0 Å². The van der Waals surface area contributed by atoms with Gasteiger partial charge in [-0.1, -0.05) is 43.0 Å². The molecule has 2 rings (SSSR count). The minimum Gasteiger partial charge on any atom is -0.491 e. The lowest BCUT2D eigenvalue weighted by Crippen LogP contribution is -2.39. The van der Waals surface area contributed by atoms with Gasteiger partial charge in [0.1, 0.15) is 12.4 Å². The van der Waals surface area contributed by atoms with Gasteiger partial charge in [-0.3, -0.25) is 0 Å². The Kier molecular flexibility index (Phi) is 5.80. The van der Waals surface area contributed by atoms with Gasteiger partial charge >= 0.3 is 0 Å². The SMILES string of the molecule is CC1CCCCC1NCCOc1cc(Cl)ccc1Cl. The molecular formula is C15H21Cl2NO. The van der Waals surface area contributed by atoms with Crippen molar-refractivity contribution in [1.29, 1.82) is 0 Å². The Bertz CT molecular complexity index is 411. The molecule has 0 bridgehead atoms. The van der Waals surface area contributed by atoms with Crippen molar-refractivity contribution < 1.29 is 4.74 Å². The predicted molar refractivity (Wildman–Crippen MR) is 81.4 cm³/mol. The third-order valence-electron chi connectivity index (χ3n) is 3.77. The number of nitrogens with one attached hydrogen (secondary N) is 1. The largest absolute Gasteiger partial charge is 0.491 e. The van der Waals surface area contributed by atoms with Crippen molar-refractivity contribution in [2.75, 3.05) is 13.2 Å². The van der Waals surface area contributed by atoms with E-state index in [0.29, 0.717) is 28.4 Å². The van der Waals surface area contributed by atoms with E-state index in [1.807, 2.05) is 0 Å². The summed E-state index contributed by atoms with van der Waals surface area (Å²) in [5.74, 6) is 1.43. The Morgan fingerprint density at radius 2 is 2.05 bits per heavy atom. The first-order chi connectivity index (χ1) is 9.16. The normalized spacial score (nSPS) is 23.3. The van der Waals surface area contributed by atoms with Gasteiger partial charge in [0.15, 0.2) is 0 Å². The molecule has 2 nitrogen and oxygen atoms in total. The Labute approximate surface area is 125 Å². The summed E-state index contributed by atoms with van der Waals surface area (Å²) in [6.07, 6.45) is 5.31. The third-order valence-corrected chi connectivity index (χ3v) is 4.32. The highest BCUT2D eigenvalue weighted by atomic mass is 35.5. The molecule has 0 saturated heterocycles. The minimum atomic E-state index is 0.607. The van der Waals surface area contributed by atoms with Gasteiger partial charge in [0.2, 0.25) is 0 Å². The lowest BCUT2D eigenvalue weighted by molar-refractivity contribution is 0.251. The molecule has 1 saturated carbocycles. The molecular weight excluding hydrogens is 281 g/mol. The maximum atomic E-state index is 6.04. The van der Waals surface area contributed by atoms with Crippen molar-refractivity contribution in [3.8, 4) is 5.75 Å². The van der Waals surface area contributed by atoms with Crippen LogP contribution in [0.3, 0.4) is 0 Å². The van der Waals surface area contributed by atoms with Gasteiger partial charge in [-0.2, -0.15) is 0 Å². The van der Waals surface area contributed by atoms with Crippen LogP contribution in [0.4, 0.5) is 0 Å². The molecule has 2 unspecified atom stereocenters. The monoisotopic (exact) mass is 301 g/mol. The van der Waals surface area contributed by atoms with Gasteiger partial charge in [0.05, 0.1) is 5.02 Å². The number of halogens is 2. The van der Waals surface area contributed by atoms with E-state index in [-0.39, 0.29) is 0 Å². The molecule has 0 aromatic heterocycles. The molecule has 106 valence electrons. The summed E-state index contributed by atoms with van der Waals surface area (Å²) in [6, 6.07) is 5.91. The maximum Gasteiger partial charge on any atom is 0.139 e. The first-order valence-electron chi connectivity index (χ1n) is 6.98. The Morgan fingerprint density at radius 1 is 1.26 bits per heavy atom. The molecule has 1 aromatic rings. The highest BCUT2D eigenvalue weighted by molar-refractivity contribution is 6.34. The van der Waals surface area contributed by atoms with E-state index < -0.39 is 0 Å². The van der Waals surface area contributed by atoms with Crippen molar-refractivity contribution in [3.05, 3.63) is 28.2 Å². The second-order valence-electron chi connectivity index (χ2n) is 5.25. The number of hydrogen-bond acceptors (Lipinski definition) is 2.